The van der Waals surface area contributed by atoms with Crippen LogP contribution in [0.25, 0.3) is 0 Å². The molecule has 1 N–H and O–H groups in total. The zero-order valence-electron chi connectivity index (χ0n) is 13.8. The van der Waals surface area contributed by atoms with Gasteiger partial charge in [-0.3, -0.25) is 14.6 Å². The molecule has 1 heterocycles. The Hall–Kier alpha value is -2.69. The number of nitrogens with one attached hydrogen (secondary N) is 1. The number of pyridine rings is 1. The summed E-state index contributed by atoms with van der Waals surface area (Å²) in [6.07, 6.45) is 3.29. The molecule has 0 aliphatic heterocycles. The zero-order valence-corrected chi connectivity index (χ0v) is 13.8. The molecule has 0 spiro atoms. The highest BCUT2D eigenvalue weighted by Gasteiger charge is 2.16. The monoisotopic (exact) mass is 311 g/mol. The van der Waals surface area contributed by atoms with Crippen molar-refractivity contribution in [2.45, 2.75) is 20.8 Å². The van der Waals surface area contributed by atoms with E-state index in [2.05, 4.69) is 10.3 Å². The lowest BCUT2D eigenvalue weighted by Gasteiger charge is -2.18. The maximum Gasteiger partial charge on any atom is 0.258 e. The first-order chi connectivity index (χ1) is 10.9. The van der Waals surface area contributed by atoms with Gasteiger partial charge in [0.1, 0.15) is 0 Å². The third kappa shape index (κ3) is 3.94. The van der Waals surface area contributed by atoms with Crippen LogP contribution in [-0.2, 0) is 4.79 Å². The lowest BCUT2D eigenvalue weighted by Crippen LogP contribution is -2.26. The Labute approximate surface area is 136 Å². The largest absolute Gasteiger partial charge is 0.326 e. The lowest BCUT2D eigenvalue weighted by atomic mass is 10.1. The Morgan fingerprint density at radius 2 is 1.96 bits per heavy atom. The molecule has 120 valence electrons. The van der Waals surface area contributed by atoms with Crippen molar-refractivity contribution >= 4 is 23.2 Å². The van der Waals surface area contributed by atoms with Gasteiger partial charge in [-0.2, -0.15) is 0 Å². The molecule has 0 aliphatic rings. The molecule has 0 saturated heterocycles. The van der Waals surface area contributed by atoms with Crippen molar-refractivity contribution in [3.05, 3.63) is 53.9 Å². The van der Waals surface area contributed by atoms with E-state index in [1.165, 1.54) is 4.90 Å². The number of carbonyl (C=O) groups is 2. The fourth-order valence-electron chi connectivity index (χ4n) is 2.03. The van der Waals surface area contributed by atoms with Crippen LogP contribution in [0.5, 0.6) is 0 Å². The van der Waals surface area contributed by atoms with Crippen molar-refractivity contribution in [2.24, 2.45) is 5.92 Å². The maximum atomic E-state index is 12.6. The summed E-state index contributed by atoms with van der Waals surface area (Å²) in [5.41, 5.74) is 2.81. The van der Waals surface area contributed by atoms with Crippen molar-refractivity contribution < 1.29 is 9.59 Å². The standard InChI is InChI=1S/C18H21N3O2/c1-12(2)17(22)20-16-10-14(8-7-13(16)3)18(23)21(4)15-6-5-9-19-11-15/h5-12H,1-4H3,(H,20,22). The van der Waals surface area contributed by atoms with Crippen molar-refractivity contribution in [3.63, 3.8) is 0 Å². The first-order valence-corrected chi connectivity index (χ1v) is 7.49. The molecule has 23 heavy (non-hydrogen) atoms. The van der Waals surface area contributed by atoms with E-state index in [0.717, 1.165) is 5.56 Å². The number of carbonyl (C=O) groups excluding carboxylic acids is 2. The second kappa shape index (κ2) is 7.05. The molecule has 5 heteroatoms. The Bertz CT molecular complexity index is 711. The summed E-state index contributed by atoms with van der Waals surface area (Å²) in [7, 11) is 1.70. The molecule has 2 amide bonds. The third-order valence-electron chi connectivity index (χ3n) is 3.60. The van der Waals surface area contributed by atoms with Gasteiger partial charge in [0, 0.05) is 30.4 Å². The van der Waals surface area contributed by atoms with Gasteiger partial charge in [0.25, 0.3) is 5.91 Å². The lowest BCUT2D eigenvalue weighted by molar-refractivity contribution is -0.118. The molecule has 5 nitrogen and oxygen atoms in total. The van der Waals surface area contributed by atoms with Crippen LogP contribution in [0.3, 0.4) is 0 Å². The highest BCUT2D eigenvalue weighted by molar-refractivity contribution is 6.06. The number of anilines is 2. The SMILES string of the molecule is Cc1ccc(C(=O)N(C)c2cccnc2)cc1NC(=O)C(C)C. The predicted octanol–water partition coefficient (Wildman–Crippen LogP) is 3.26. The van der Waals surface area contributed by atoms with Gasteiger partial charge in [0.15, 0.2) is 0 Å². The van der Waals surface area contributed by atoms with Gasteiger partial charge >= 0.3 is 0 Å². The maximum absolute atomic E-state index is 12.6. The van der Waals surface area contributed by atoms with Crippen molar-refractivity contribution in [2.75, 3.05) is 17.3 Å². The summed E-state index contributed by atoms with van der Waals surface area (Å²) in [5, 5.41) is 2.86. The number of aromatic nitrogens is 1. The molecule has 0 saturated carbocycles. The summed E-state index contributed by atoms with van der Waals surface area (Å²) in [5.74, 6) is -0.344. The molecular formula is C18H21N3O2. The van der Waals surface area contributed by atoms with E-state index in [0.29, 0.717) is 16.9 Å². The predicted molar refractivity (Wildman–Crippen MR) is 91.6 cm³/mol. The summed E-state index contributed by atoms with van der Waals surface area (Å²) >= 11 is 0. The minimum absolute atomic E-state index is 0.0710. The van der Waals surface area contributed by atoms with E-state index >= 15 is 0 Å². The molecule has 0 unspecified atom stereocenters. The minimum Gasteiger partial charge on any atom is -0.326 e. The minimum atomic E-state index is -0.155. The van der Waals surface area contributed by atoms with Crippen LogP contribution in [0.1, 0.15) is 29.8 Å². The van der Waals surface area contributed by atoms with E-state index in [1.54, 1.807) is 37.6 Å². The summed E-state index contributed by atoms with van der Waals surface area (Å²) < 4.78 is 0. The molecule has 0 bridgehead atoms. The average Bonchev–Trinajstić information content (AvgIpc) is 2.56. The van der Waals surface area contributed by atoms with Crippen LogP contribution in [0.15, 0.2) is 42.7 Å². The zero-order chi connectivity index (χ0) is 17.0. The van der Waals surface area contributed by atoms with Crippen LogP contribution < -0.4 is 10.2 Å². The Balaban J connectivity index is 2.26. The van der Waals surface area contributed by atoms with Crippen LogP contribution in [-0.4, -0.2) is 23.8 Å². The molecule has 0 aliphatic carbocycles. The van der Waals surface area contributed by atoms with Gasteiger partial charge in [-0.05, 0) is 36.8 Å². The van der Waals surface area contributed by atoms with Gasteiger partial charge in [-0.15, -0.1) is 0 Å². The topological polar surface area (TPSA) is 62.3 Å². The normalized spacial score (nSPS) is 10.5. The van der Waals surface area contributed by atoms with Crippen LogP contribution in [0.2, 0.25) is 0 Å². The molecule has 1 aromatic carbocycles. The van der Waals surface area contributed by atoms with Gasteiger partial charge in [0.2, 0.25) is 5.91 Å². The molecule has 0 atom stereocenters. The van der Waals surface area contributed by atoms with Gasteiger partial charge in [-0.25, -0.2) is 0 Å². The second-order valence-corrected chi connectivity index (χ2v) is 5.75. The fraction of sp³-hybridized carbons (Fsp3) is 0.278. The number of rotatable bonds is 4. The molecule has 2 rings (SSSR count). The smallest absolute Gasteiger partial charge is 0.258 e. The van der Waals surface area contributed by atoms with E-state index in [1.807, 2.05) is 32.9 Å². The molecule has 0 fully saturated rings. The molecule has 2 aromatic rings. The number of aryl methyl sites for hydroxylation is 1. The Morgan fingerprint density at radius 3 is 2.57 bits per heavy atom. The Morgan fingerprint density at radius 1 is 1.22 bits per heavy atom. The van der Waals surface area contributed by atoms with Crippen LogP contribution in [0.4, 0.5) is 11.4 Å². The number of amides is 2. The molecule has 0 radical (unpaired) electrons. The number of nitrogens with zero attached hydrogens (tertiary/aromatic N) is 2. The van der Waals surface area contributed by atoms with Gasteiger partial charge < -0.3 is 10.2 Å². The van der Waals surface area contributed by atoms with Gasteiger partial charge in [-0.1, -0.05) is 19.9 Å². The Kier molecular flexibility index (Phi) is 5.11. The van der Waals surface area contributed by atoms with E-state index in [9.17, 15) is 9.59 Å². The fourth-order valence-corrected chi connectivity index (χ4v) is 2.03. The molecular weight excluding hydrogens is 290 g/mol. The van der Waals surface area contributed by atoms with Crippen molar-refractivity contribution in [1.82, 2.24) is 4.98 Å². The van der Waals surface area contributed by atoms with Crippen LogP contribution >= 0.6 is 0 Å². The van der Waals surface area contributed by atoms with E-state index < -0.39 is 0 Å². The third-order valence-corrected chi connectivity index (χ3v) is 3.60. The number of hydrogen-bond donors (Lipinski definition) is 1. The van der Waals surface area contributed by atoms with E-state index in [4.69, 9.17) is 0 Å². The molecule has 1 aromatic heterocycles. The van der Waals surface area contributed by atoms with E-state index in [-0.39, 0.29) is 17.7 Å². The van der Waals surface area contributed by atoms with Gasteiger partial charge in [0.05, 0.1) is 11.9 Å². The number of hydrogen-bond acceptors (Lipinski definition) is 3. The average molecular weight is 311 g/mol. The highest BCUT2D eigenvalue weighted by Crippen LogP contribution is 2.20. The first-order valence-electron chi connectivity index (χ1n) is 7.49. The summed E-state index contributed by atoms with van der Waals surface area (Å²) in [6, 6.07) is 8.91. The van der Waals surface area contributed by atoms with Crippen molar-refractivity contribution in [1.29, 1.82) is 0 Å². The summed E-state index contributed by atoms with van der Waals surface area (Å²) in [6.45, 7) is 5.56. The summed E-state index contributed by atoms with van der Waals surface area (Å²) in [4.78, 5) is 30.1. The van der Waals surface area contributed by atoms with Crippen LogP contribution in [0, 0.1) is 12.8 Å². The number of benzene rings is 1. The highest BCUT2D eigenvalue weighted by atomic mass is 16.2. The second-order valence-electron chi connectivity index (χ2n) is 5.75. The first kappa shape index (κ1) is 16.7. The quantitative estimate of drug-likeness (QED) is 0.942. The van der Waals surface area contributed by atoms with Crippen molar-refractivity contribution in [3.8, 4) is 0 Å².